The van der Waals surface area contributed by atoms with E-state index in [0.717, 1.165) is 51.4 Å². The average Bonchev–Trinajstić information content (AvgIpc) is 2.98. The molecule has 0 saturated carbocycles. The molecule has 0 aliphatic rings. The number of carboxylic acid groups (broad SMARTS) is 3. The molecule has 13 nitrogen and oxygen atoms in total. The van der Waals surface area contributed by atoms with Crippen molar-refractivity contribution < 1.29 is 48.8 Å². The Bertz CT molecular complexity index is 873. The topological polar surface area (TPSA) is 174 Å². The summed E-state index contributed by atoms with van der Waals surface area (Å²) in [5, 5.41) is 28.2. The van der Waals surface area contributed by atoms with Gasteiger partial charge in [0.25, 0.3) is 0 Å². The van der Waals surface area contributed by atoms with E-state index in [4.69, 9.17) is 9.47 Å². The number of carbonyl (C=O) groups is 5. The lowest BCUT2D eigenvalue weighted by Gasteiger charge is -2.28. The summed E-state index contributed by atoms with van der Waals surface area (Å²) >= 11 is 0. The molecule has 0 aromatic heterocycles. The molecule has 0 radical (unpaired) electrons. The number of hydrogen-bond donors (Lipinski definition) is 3. The van der Waals surface area contributed by atoms with Gasteiger partial charge in [0.2, 0.25) is 0 Å². The van der Waals surface area contributed by atoms with Gasteiger partial charge in [0.15, 0.2) is 0 Å². The number of esters is 2. The van der Waals surface area contributed by atoms with Gasteiger partial charge < -0.3 is 24.8 Å². The number of ether oxygens (including phenoxy) is 2. The second-order valence-electron chi connectivity index (χ2n) is 12.4. The third-order valence-corrected chi connectivity index (χ3v) is 7.80. The van der Waals surface area contributed by atoms with Crippen LogP contribution in [0, 0.1) is 0 Å². The summed E-state index contributed by atoms with van der Waals surface area (Å²) in [6.07, 6.45) is 16.0. The monoisotopic (exact) mass is 673 g/mol. The summed E-state index contributed by atoms with van der Waals surface area (Å²) in [7, 11) is 0. The van der Waals surface area contributed by atoms with E-state index in [1.807, 2.05) is 6.92 Å². The maximum absolute atomic E-state index is 12.6. The lowest BCUT2D eigenvalue weighted by molar-refractivity contribution is -0.151. The molecule has 0 aliphatic carbocycles. The van der Waals surface area contributed by atoms with Crippen molar-refractivity contribution in [1.82, 2.24) is 14.7 Å². The average molecular weight is 674 g/mol. The maximum Gasteiger partial charge on any atom is 0.320 e. The van der Waals surface area contributed by atoms with Crippen LogP contribution in [0.3, 0.4) is 0 Å². The van der Waals surface area contributed by atoms with Gasteiger partial charge in [0, 0.05) is 26.2 Å². The van der Waals surface area contributed by atoms with Crippen LogP contribution in [0.25, 0.3) is 0 Å². The number of hydrogen-bond acceptors (Lipinski definition) is 10. The highest BCUT2D eigenvalue weighted by Crippen LogP contribution is 2.11. The van der Waals surface area contributed by atoms with Crippen molar-refractivity contribution in [2.75, 3.05) is 65.5 Å². The standard InChI is InChI=1S/C34H63N3O10/c1-4-6-8-10-12-13-15-17-23-46-33(44)27-36(25-31(40)41)21-19-35(24-30(38)39)20-22-37(26-32(42)43)28-34(45)47-29(3)18-16-14-11-9-7-5-2/h29H,4-28H2,1-3H3,(H,38,39)(H,40,41)(H,42,43). The molecule has 0 bridgehead atoms. The third-order valence-electron chi connectivity index (χ3n) is 7.80. The Morgan fingerprint density at radius 2 is 0.894 bits per heavy atom. The van der Waals surface area contributed by atoms with Crippen LogP contribution in [-0.4, -0.2) is 131 Å². The van der Waals surface area contributed by atoms with Crippen LogP contribution in [-0.2, 0) is 33.4 Å². The second-order valence-corrected chi connectivity index (χ2v) is 12.4. The van der Waals surface area contributed by atoms with E-state index >= 15 is 0 Å². The predicted octanol–water partition coefficient (Wildman–Crippen LogP) is 4.51. The summed E-state index contributed by atoms with van der Waals surface area (Å²) in [6, 6.07) is 0. The number of nitrogens with zero attached hydrogens (tertiary/aromatic N) is 3. The van der Waals surface area contributed by atoms with Gasteiger partial charge in [-0.05, 0) is 26.2 Å². The van der Waals surface area contributed by atoms with Crippen molar-refractivity contribution in [3.05, 3.63) is 0 Å². The van der Waals surface area contributed by atoms with Gasteiger partial charge in [-0.2, -0.15) is 0 Å². The first kappa shape index (κ1) is 44.2. The minimum absolute atomic E-state index is 0.0695. The number of unbranched alkanes of at least 4 members (excludes halogenated alkanes) is 12. The van der Waals surface area contributed by atoms with E-state index in [9.17, 15) is 39.3 Å². The van der Waals surface area contributed by atoms with Crippen molar-refractivity contribution in [3.8, 4) is 0 Å². The van der Waals surface area contributed by atoms with Crippen molar-refractivity contribution in [2.24, 2.45) is 0 Å². The van der Waals surface area contributed by atoms with Crippen LogP contribution in [0.2, 0.25) is 0 Å². The largest absolute Gasteiger partial charge is 0.480 e. The minimum Gasteiger partial charge on any atom is -0.480 e. The Kier molecular flexibility index (Phi) is 27.6. The van der Waals surface area contributed by atoms with Crippen LogP contribution in [0.4, 0.5) is 0 Å². The van der Waals surface area contributed by atoms with Crippen LogP contribution in [0.1, 0.15) is 117 Å². The van der Waals surface area contributed by atoms with Crippen molar-refractivity contribution >= 4 is 29.8 Å². The molecule has 13 heteroatoms. The molecular weight excluding hydrogens is 610 g/mol. The second kappa shape index (κ2) is 29.4. The van der Waals surface area contributed by atoms with E-state index in [1.165, 1.54) is 59.6 Å². The first-order valence-corrected chi connectivity index (χ1v) is 17.6. The molecule has 0 rings (SSSR count). The summed E-state index contributed by atoms with van der Waals surface area (Å²) in [5.74, 6) is -4.49. The summed E-state index contributed by atoms with van der Waals surface area (Å²) in [5.41, 5.74) is 0. The van der Waals surface area contributed by atoms with Gasteiger partial charge in [-0.25, -0.2) is 0 Å². The minimum atomic E-state index is -1.14. The number of carboxylic acids is 3. The smallest absolute Gasteiger partial charge is 0.320 e. The molecule has 0 aromatic rings. The molecule has 0 aromatic carbocycles. The lowest BCUT2D eigenvalue weighted by Crippen LogP contribution is -2.45. The zero-order valence-electron chi connectivity index (χ0n) is 29.3. The highest BCUT2D eigenvalue weighted by atomic mass is 16.5. The van der Waals surface area contributed by atoms with E-state index < -0.39 is 42.9 Å². The Labute approximate surface area is 281 Å². The molecule has 0 aliphatic heterocycles. The molecule has 47 heavy (non-hydrogen) atoms. The van der Waals surface area contributed by atoms with Crippen LogP contribution in [0.5, 0.6) is 0 Å². The van der Waals surface area contributed by atoms with E-state index in [-0.39, 0.29) is 58.5 Å². The van der Waals surface area contributed by atoms with Crippen LogP contribution < -0.4 is 0 Å². The fraction of sp³-hybridized carbons (Fsp3) is 0.853. The first-order chi connectivity index (χ1) is 22.5. The molecule has 0 spiro atoms. The third kappa shape index (κ3) is 29.1. The van der Waals surface area contributed by atoms with Crippen LogP contribution >= 0.6 is 0 Å². The SMILES string of the molecule is CCCCCCCCCCOC(=O)CN(CCN(CCN(CC(=O)O)CC(=O)OC(C)CCCCCCCC)CC(=O)O)CC(=O)O. The Balaban J connectivity index is 4.85. The van der Waals surface area contributed by atoms with Gasteiger partial charge in [-0.1, -0.05) is 90.9 Å². The fourth-order valence-corrected chi connectivity index (χ4v) is 5.20. The van der Waals surface area contributed by atoms with Gasteiger partial charge >= 0.3 is 29.8 Å². The first-order valence-electron chi connectivity index (χ1n) is 17.6. The van der Waals surface area contributed by atoms with E-state index in [2.05, 4.69) is 13.8 Å². The molecule has 1 unspecified atom stereocenters. The molecule has 3 N–H and O–H groups in total. The van der Waals surface area contributed by atoms with E-state index in [0.29, 0.717) is 0 Å². The Morgan fingerprint density at radius 3 is 1.36 bits per heavy atom. The zero-order chi connectivity index (χ0) is 35.3. The molecule has 0 amide bonds. The predicted molar refractivity (Wildman–Crippen MR) is 179 cm³/mol. The van der Waals surface area contributed by atoms with Gasteiger partial charge in [0.05, 0.1) is 45.4 Å². The Hall–Kier alpha value is -2.77. The molecule has 1 atom stereocenters. The van der Waals surface area contributed by atoms with E-state index in [1.54, 1.807) is 0 Å². The normalized spacial score (nSPS) is 12.0. The summed E-state index contributed by atoms with van der Waals surface area (Å²) in [4.78, 5) is 63.7. The number of aliphatic carboxylic acids is 3. The number of carbonyl (C=O) groups excluding carboxylic acids is 2. The Morgan fingerprint density at radius 1 is 0.511 bits per heavy atom. The highest BCUT2D eigenvalue weighted by molar-refractivity contribution is 5.74. The van der Waals surface area contributed by atoms with Crippen molar-refractivity contribution in [2.45, 2.75) is 123 Å². The molecular formula is C34H63N3O10. The number of rotatable bonds is 33. The lowest BCUT2D eigenvalue weighted by atomic mass is 10.1. The molecule has 0 saturated heterocycles. The molecule has 274 valence electrons. The zero-order valence-corrected chi connectivity index (χ0v) is 29.3. The van der Waals surface area contributed by atoms with Crippen molar-refractivity contribution in [3.63, 3.8) is 0 Å². The quantitative estimate of drug-likeness (QED) is 0.0656. The molecule has 0 fully saturated rings. The summed E-state index contributed by atoms with van der Waals surface area (Å²) in [6.45, 7) is 5.01. The summed E-state index contributed by atoms with van der Waals surface area (Å²) < 4.78 is 10.8. The van der Waals surface area contributed by atoms with Crippen LogP contribution in [0.15, 0.2) is 0 Å². The fourth-order valence-electron chi connectivity index (χ4n) is 5.20. The highest BCUT2D eigenvalue weighted by Gasteiger charge is 2.21. The maximum atomic E-state index is 12.6. The van der Waals surface area contributed by atoms with Gasteiger partial charge in [-0.3, -0.25) is 38.7 Å². The molecule has 0 heterocycles. The van der Waals surface area contributed by atoms with Gasteiger partial charge in [0.1, 0.15) is 0 Å². The van der Waals surface area contributed by atoms with Gasteiger partial charge in [-0.15, -0.1) is 0 Å². The van der Waals surface area contributed by atoms with Crippen molar-refractivity contribution in [1.29, 1.82) is 0 Å².